The quantitative estimate of drug-likeness (QED) is 0.234. The van der Waals surface area contributed by atoms with Crippen LogP contribution in [0.2, 0.25) is 25.2 Å². The topological polar surface area (TPSA) is 26.3 Å². The van der Waals surface area contributed by atoms with Gasteiger partial charge in [-0.1, -0.05) is 49.5 Å². The van der Waals surface area contributed by atoms with Crippen LogP contribution in [0.25, 0.3) is 6.08 Å². The van der Waals surface area contributed by atoms with Crippen molar-refractivity contribution in [3.05, 3.63) is 54.3 Å². The van der Waals surface area contributed by atoms with Crippen LogP contribution in [0.15, 0.2) is 48.7 Å². The third kappa shape index (κ3) is 6.20. The lowest BCUT2D eigenvalue weighted by Gasteiger charge is -2.20. The molecule has 0 fully saturated rings. The summed E-state index contributed by atoms with van der Waals surface area (Å²) in [6, 6.07) is 11.8. The molecule has 0 saturated carbocycles. The third-order valence-corrected chi connectivity index (χ3v) is 5.92. The van der Waals surface area contributed by atoms with Crippen molar-refractivity contribution in [1.29, 1.82) is 0 Å². The molecule has 0 unspecified atom stereocenters. The number of aldehydes is 1. The molecule has 0 N–H and O–H groups in total. The predicted molar refractivity (Wildman–Crippen MR) is 83.7 cm³/mol. The highest BCUT2D eigenvalue weighted by atomic mass is 28.3. The smallest absolute Gasteiger partial charge is 0.184 e. The first-order chi connectivity index (χ1) is 9.07. The summed E-state index contributed by atoms with van der Waals surface area (Å²) in [5.74, 6) is 0.398. The van der Waals surface area contributed by atoms with Gasteiger partial charge in [-0.25, -0.2) is 0 Å². The van der Waals surface area contributed by atoms with Gasteiger partial charge in [0.2, 0.25) is 0 Å². The Labute approximate surface area is 116 Å². The maximum atomic E-state index is 11.0. The first kappa shape index (κ1) is 15.4. The zero-order chi connectivity index (χ0) is 14.1. The summed E-state index contributed by atoms with van der Waals surface area (Å²) in [6.07, 6.45) is 4.52. The maximum absolute atomic E-state index is 11.0. The molecular formula is C16H22O2Si. The van der Waals surface area contributed by atoms with Crippen molar-refractivity contribution < 1.29 is 9.53 Å². The molecule has 1 rings (SSSR count). The van der Waals surface area contributed by atoms with Crippen LogP contribution in [0.5, 0.6) is 0 Å². The highest BCUT2D eigenvalue weighted by molar-refractivity contribution is 6.77. The number of carbonyl (C=O) groups excluding carboxylic acids is 1. The van der Waals surface area contributed by atoms with Gasteiger partial charge in [0.1, 0.15) is 0 Å². The Balaban J connectivity index is 2.52. The zero-order valence-electron chi connectivity index (χ0n) is 11.8. The lowest BCUT2D eigenvalue weighted by molar-refractivity contribution is -0.107. The second kappa shape index (κ2) is 7.74. The SMILES string of the molecule is C=CC[Si](C)(C)CCOC(C=O)=Cc1ccccc1. The van der Waals surface area contributed by atoms with Crippen molar-refractivity contribution in [3.8, 4) is 0 Å². The van der Waals surface area contributed by atoms with Gasteiger partial charge >= 0.3 is 0 Å². The van der Waals surface area contributed by atoms with E-state index in [4.69, 9.17) is 4.74 Å². The average Bonchev–Trinajstić information content (AvgIpc) is 2.38. The molecule has 2 nitrogen and oxygen atoms in total. The number of rotatable bonds is 8. The summed E-state index contributed by atoms with van der Waals surface area (Å²) in [7, 11) is -1.26. The summed E-state index contributed by atoms with van der Waals surface area (Å²) in [6.45, 7) is 9.00. The molecule has 0 heterocycles. The van der Waals surface area contributed by atoms with E-state index in [0.717, 1.165) is 23.9 Å². The van der Waals surface area contributed by atoms with E-state index in [0.29, 0.717) is 12.4 Å². The van der Waals surface area contributed by atoms with Crippen LogP contribution in [0.1, 0.15) is 5.56 Å². The fourth-order valence-electron chi connectivity index (χ4n) is 1.76. The summed E-state index contributed by atoms with van der Waals surface area (Å²) < 4.78 is 5.57. The number of carbonyl (C=O) groups is 1. The molecule has 1 aromatic rings. The molecule has 0 spiro atoms. The Bertz CT molecular complexity index is 435. The van der Waals surface area contributed by atoms with Gasteiger partial charge in [0.15, 0.2) is 12.0 Å². The van der Waals surface area contributed by atoms with E-state index in [2.05, 4.69) is 19.7 Å². The van der Waals surface area contributed by atoms with E-state index in [1.165, 1.54) is 0 Å². The maximum Gasteiger partial charge on any atom is 0.184 e. The van der Waals surface area contributed by atoms with E-state index < -0.39 is 8.07 Å². The largest absolute Gasteiger partial charge is 0.490 e. The first-order valence-electron chi connectivity index (χ1n) is 6.53. The molecule has 0 atom stereocenters. The number of benzene rings is 1. The Morgan fingerprint density at radius 2 is 2.00 bits per heavy atom. The lowest BCUT2D eigenvalue weighted by atomic mass is 10.2. The van der Waals surface area contributed by atoms with E-state index in [1.807, 2.05) is 36.4 Å². The van der Waals surface area contributed by atoms with Gasteiger partial charge in [-0.3, -0.25) is 4.79 Å². The van der Waals surface area contributed by atoms with E-state index in [9.17, 15) is 4.79 Å². The van der Waals surface area contributed by atoms with Crippen LogP contribution in [-0.2, 0) is 9.53 Å². The Morgan fingerprint density at radius 3 is 2.58 bits per heavy atom. The van der Waals surface area contributed by atoms with Crippen LogP contribution in [0, 0.1) is 0 Å². The van der Waals surface area contributed by atoms with Crippen molar-refractivity contribution in [2.45, 2.75) is 25.2 Å². The minimum Gasteiger partial charge on any atom is -0.490 e. The second-order valence-corrected chi connectivity index (χ2v) is 10.6. The zero-order valence-corrected chi connectivity index (χ0v) is 12.8. The van der Waals surface area contributed by atoms with Gasteiger partial charge in [-0.05, 0) is 23.7 Å². The molecule has 0 radical (unpaired) electrons. The Morgan fingerprint density at radius 1 is 1.32 bits per heavy atom. The first-order valence-corrected chi connectivity index (χ1v) is 9.94. The lowest BCUT2D eigenvalue weighted by Crippen LogP contribution is -2.25. The second-order valence-electron chi connectivity index (χ2n) is 5.33. The van der Waals surface area contributed by atoms with Crippen LogP contribution in [-0.4, -0.2) is 21.0 Å². The summed E-state index contributed by atoms with van der Waals surface area (Å²) >= 11 is 0. The molecule has 19 heavy (non-hydrogen) atoms. The summed E-state index contributed by atoms with van der Waals surface area (Å²) in [5.41, 5.74) is 0.979. The number of hydrogen-bond donors (Lipinski definition) is 0. The number of ether oxygens (including phenoxy) is 1. The van der Waals surface area contributed by atoms with Gasteiger partial charge in [0, 0.05) is 0 Å². The minimum absolute atomic E-state index is 0.398. The average molecular weight is 274 g/mol. The van der Waals surface area contributed by atoms with Crippen LogP contribution >= 0.6 is 0 Å². The fraction of sp³-hybridized carbons (Fsp3) is 0.312. The molecule has 0 aromatic heterocycles. The van der Waals surface area contributed by atoms with Crippen molar-refractivity contribution in [1.82, 2.24) is 0 Å². The molecule has 102 valence electrons. The molecule has 0 saturated heterocycles. The van der Waals surface area contributed by atoms with Crippen LogP contribution in [0.4, 0.5) is 0 Å². The summed E-state index contributed by atoms with van der Waals surface area (Å²) in [5, 5.41) is 0. The minimum atomic E-state index is -1.26. The van der Waals surface area contributed by atoms with Gasteiger partial charge in [0.05, 0.1) is 14.7 Å². The van der Waals surface area contributed by atoms with Crippen LogP contribution < -0.4 is 0 Å². The molecule has 3 heteroatoms. The summed E-state index contributed by atoms with van der Waals surface area (Å²) in [4.78, 5) is 11.0. The van der Waals surface area contributed by atoms with Gasteiger partial charge < -0.3 is 4.74 Å². The van der Waals surface area contributed by atoms with E-state index in [1.54, 1.807) is 6.08 Å². The van der Waals surface area contributed by atoms with E-state index in [-0.39, 0.29) is 0 Å². The van der Waals surface area contributed by atoms with Crippen molar-refractivity contribution >= 4 is 20.4 Å². The van der Waals surface area contributed by atoms with Crippen molar-refractivity contribution in [3.63, 3.8) is 0 Å². The fourth-order valence-corrected chi connectivity index (χ4v) is 3.40. The molecule has 1 aromatic carbocycles. The van der Waals surface area contributed by atoms with E-state index >= 15 is 0 Å². The molecule has 0 aliphatic heterocycles. The number of allylic oxidation sites excluding steroid dienone is 2. The Kier molecular flexibility index (Phi) is 6.29. The van der Waals surface area contributed by atoms with Crippen molar-refractivity contribution in [2.24, 2.45) is 0 Å². The normalized spacial score (nSPS) is 12.0. The monoisotopic (exact) mass is 274 g/mol. The molecular weight excluding hydrogens is 252 g/mol. The standard InChI is InChI=1S/C16H22O2Si/c1-4-11-19(2,3)12-10-18-16(14-17)13-15-8-6-5-7-9-15/h4-9,13-14H,1,10-12H2,2-3H3. The van der Waals surface area contributed by atoms with Crippen molar-refractivity contribution in [2.75, 3.05) is 6.61 Å². The Hall–Kier alpha value is -1.61. The molecule has 0 aliphatic rings. The van der Waals surface area contributed by atoms with Gasteiger partial charge in [-0.15, -0.1) is 6.58 Å². The predicted octanol–water partition coefficient (Wildman–Crippen LogP) is 4.14. The van der Waals surface area contributed by atoms with Crippen LogP contribution in [0.3, 0.4) is 0 Å². The van der Waals surface area contributed by atoms with Gasteiger partial charge in [-0.2, -0.15) is 0 Å². The molecule has 0 bridgehead atoms. The van der Waals surface area contributed by atoms with Gasteiger partial charge in [0.25, 0.3) is 0 Å². The highest BCUT2D eigenvalue weighted by Crippen LogP contribution is 2.16. The third-order valence-electron chi connectivity index (χ3n) is 2.97. The molecule has 0 amide bonds. The molecule has 0 aliphatic carbocycles. The highest BCUT2D eigenvalue weighted by Gasteiger charge is 2.18. The number of hydrogen-bond acceptors (Lipinski definition) is 2.